The van der Waals surface area contributed by atoms with Gasteiger partial charge < -0.3 is 10.2 Å². The first-order valence-electron chi connectivity index (χ1n) is 6.34. The SMILES string of the molecule is CCC(c1ccc(-c2ccccc2)c(F)c1)C(O)O. The zero-order valence-electron chi connectivity index (χ0n) is 10.8. The average molecular weight is 260 g/mol. The van der Waals surface area contributed by atoms with Crippen LogP contribution in [0.5, 0.6) is 0 Å². The summed E-state index contributed by atoms with van der Waals surface area (Å²) < 4.78 is 14.1. The van der Waals surface area contributed by atoms with Crippen molar-refractivity contribution >= 4 is 0 Å². The van der Waals surface area contributed by atoms with Crippen molar-refractivity contribution in [1.82, 2.24) is 0 Å². The largest absolute Gasteiger partial charge is 0.368 e. The molecule has 19 heavy (non-hydrogen) atoms. The Labute approximate surface area is 112 Å². The summed E-state index contributed by atoms with van der Waals surface area (Å²) in [7, 11) is 0. The smallest absolute Gasteiger partial charge is 0.158 e. The lowest BCUT2D eigenvalue weighted by Crippen LogP contribution is -2.17. The molecule has 2 aromatic rings. The van der Waals surface area contributed by atoms with Crippen LogP contribution in [0, 0.1) is 5.82 Å². The summed E-state index contributed by atoms with van der Waals surface area (Å²) >= 11 is 0. The molecule has 3 heteroatoms. The predicted molar refractivity (Wildman–Crippen MR) is 73.1 cm³/mol. The number of aliphatic hydroxyl groups is 2. The molecule has 2 aromatic carbocycles. The number of hydrogen-bond acceptors (Lipinski definition) is 2. The lowest BCUT2D eigenvalue weighted by molar-refractivity contribution is -0.0610. The van der Waals surface area contributed by atoms with Gasteiger partial charge in [-0.2, -0.15) is 0 Å². The fourth-order valence-corrected chi connectivity index (χ4v) is 2.23. The van der Waals surface area contributed by atoms with Crippen molar-refractivity contribution in [2.75, 3.05) is 0 Å². The Kier molecular flexibility index (Phi) is 4.30. The molecule has 0 spiro atoms. The van der Waals surface area contributed by atoms with E-state index in [1.54, 1.807) is 12.1 Å². The van der Waals surface area contributed by atoms with Crippen LogP contribution in [0.4, 0.5) is 4.39 Å². The molecule has 0 saturated carbocycles. The standard InChI is InChI=1S/C16H17FO2/c1-2-13(16(18)19)12-8-9-14(15(17)10-12)11-6-4-3-5-7-11/h3-10,13,16,18-19H,2H2,1H3. The highest BCUT2D eigenvalue weighted by atomic mass is 19.1. The minimum atomic E-state index is -1.47. The van der Waals surface area contributed by atoms with Crippen LogP contribution >= 0.6 is 0 Å². The average Bonchev–Trinajstić information content (AvgIpc) is 2.40. The first kappa shape index (κ1) is 13.7. The summed E-state index contributed by atoms with van der Waals surface area (Å²) in [5.41, 5.74) is 1.94. The van der Waals surface area contributed by atoms with Crippen molar-refractivity contribution in [2.24, 2.45) is 0 Å². The molecule has 0 bridgehead atoms. The Bertz CT molecular complexity index is 538. The van der Waals surface area contributed by atoms with Gasteiger partial charge >= 0.3 is 0 Å². The van der Waals surface area contributed by atoms with Gasteiger partial charge in [-0.15, -0.1) is 0 Å². The van der Waals surface area contributed by atoms with Gasteiger partial charge in [0.1, 0.15) is 5.82 Å². The fraction of sp³-hybridized carbons (Fsp3) is 0.250. The van der Waals surface area contributed by atoms with E-state index in [0.717, 1.165) is 5.56 Å². The monoisotopic (exact) mass is 260 g/mol. The Morgan fingerprint density at radius 2 is 1.74 bits per heavy atom. The third kappa shape index (κ3) is 3.00. The summed E-state index contributed by atoms with van der Waals surface area (Å²) in [5, 5.41) is 18.6. The van der Waals surface area contributed by atoms with Crippen molar-refractivity contribution in [3.05, 3.63) is 59.9 Å². The molecule has 0 radical (unpaired) electrons. The van der Waals surface area contributed by atoms with Crippen LogP contribution < -0.4 is 0 Å². The normalized spacial score (nSPS) is 12.7. The molecule has 2 N–H and O–H groups in total. The van der Waals surface area contributed by atoms with Crippen LogP contribution in [0.1, 0.15) is 24.8 Å². The molecule has 0 aliphatic rings. The van der Waals surface area contributed by atoms with Gasteiger partial charge in [0.25, 0.3) is 0 Å². The molecule has 0 aliphatic carbocycles. The molecule has 1 atom stereocenters. The number of benzene rings is 2. The highest BCUT2D eigenvalue weighted by molar-refractivity contribution is 5.64. The second kappa shape index (κ2) is 5.95. The van der Waals surface area contributed by atoms with Crippen LogP contribution in [0.15, 0.2) is 48.5 Å². The summed E-state index contributed by atoms with van der Waals surface area (Å²) in [5.74, 6) is -0.804. The van der Waals surface area contributed by atoms with Gasteiger partial charge in [-0.3, -0.25) is 0 Å². The highest BCUT2D eigenvalue weighted by Gasteiger charge is 2.18. The first-order valence-corrected chi connectivity index (χ1v) is 6.34. The lowest BCUT2D eigenvalue weighted by atomic mass is 9.93. The zero-order valence-corrected chi connectivity index (χ0v) is 10.8. The fourth-order valence-electron chi connectivity index (χ4n) is 2.23. The van der Waals surface area contributed by atoms with Crippen molar-refractivity contribution in [2.45, 2.75) is 25.6 Å². The van der Waals surface area contributed by atoms with Gasteiger partial charge in [0.05, 0.1) is 0 Å². The number of hydrogen-bond donors (Lipinski definition) is 2. The molecule has 0 aliphatic heterocycles. The van der Waals surface area contributed by atoms with E-state index in [9.17, 15) is 14.6 Å². The van der Waals surface area contributed by atoms with E-state index in [2.05, 4.69) is 0 Å². The van der Waals surface area contributed by atoms with Gasteiger partial charge in [0.2, 0.25) is 0 Å². The maximum absolute atomic E-state index is 14.1. The van der Waals surface area contributed by atoms with Crippen LogP contribution in [0.3, 0.4) is 0 Å². The van der Waals surface area contributed by atoms with Crippen molar-refractivity contribution in [3.63, 3.8) is 0 Å². The predicted octanol–water partition coefficient (Wildman–Crippen LogP) is 3.30. The summed E-state index contributed by atoms with van der Waals surface area (Å²) in [6, 6.07) is 14.1. The molecule has 0 aromatic heterocycles. The van der Waals surface area contributed by atoms with Crippen molar-refractivity contribution in [3.8, 4) is 11.1 Å². The molecule has 0 saturated heterocycles. The van der Waals surface area contributed by atoms with E-state index >= 15 is 0 Å². The number of rotatable bonds is 4. The maximum Gasteiger partial charge on any atom is 0.158 e. The van der Waals surface area contributed by atoms with Crippen LogP contribution in [-0.4, -0.2) is 16.5 Å². The summed E-state index contributed by atoms with van der Waals surface area (Å²) in [4.78, 5) is 0. The van der Waals surface area contributed by atoms with Gasteiger partial charge in [-0.05, 0) is 23.6 Å². The molecule has 0 amide bonds. The van der Waals surface area contributed by atoms with E-state index in [0.29, 0.717) is 17.5 Å². The van der Waals surface area contributed by atoms with Crippen molar-refractivity contribution in [1.29, 1.82) is 0 Å². The molecule has 0 heterocycles. The van der Waals surface area contributed by atoms with E-state index in [1.807, 2.05) is 37.3 Å². The highest BCUT2D eigenvalue weighted by Crippen LogP contribution is 2.28. The van der Waals surface area contributed by atoms with E-state index in [-0.39, 0.29) is 5.82 Å². The Morgan fingerprint density at radius 1 is 1.05 bits per heavy atom. The minimum absolute atomic E-state index is 0.345. The topological polar surface area (TPSA) is 40.5 Å². The minimum Gasteiger partial charge on any atom is -0.368 e. The molecule has 0 fully saturated rings. The Morgan fingerprint density at radius 3 is 2.26 bits per heavy atom. The van der Waals surface area contributed by atoms with E-state index in [4.69, 9.17) is 0 Å². The molecule has 2 rings (SSSR count). The Balaban J connectivity index is 2.37. The molecule has 2 nitrogen and oxygen atoms in total. The third-order valence-corrected chi connectivity index (χ3v) is 3.31. The summed E-state index contributed by atoms with van der Waals surface area (Å²) in [6.45, 7) is 1.84. The second-order valence-electron chi connectivity index (χ2n) is 4.53. The second-order valence-corrected chi connectivity index (χ2v) is 4.53. The number of halogens is 1. The molecular weight excluding hydrogens is 243 g/mol. The van der Waals surface area contributed by atoms with Crippen LogP contribution in [-0.2, 0) is 0 Å². The van der Waals surface area contributed by atoms with E-state index in [1.165, 1.54) is 6.07 Å². The molecule has 100 valence electrons. The first-order chi connectivity index (χ1) is 9.13. The summed E-state index contributed by atoms with van der Waals surface area (Å²) in [6.07, 6.45) is -0.922. The van der Waals surface area contributed by atoms with Crippen LogP contribution in [0.2, 0.25) is 0 Å². The van der Waals surface area contributed by atoms with Gasteiger partial charge in [0.15, 0.2) is 6.29 Å². The van der Waals surface area contributed by atoms with Gasteiger partial charge in [-0.25, -0.2) is 4.39 Å². The maximum atomic E-state index is 14.1. The van der Waals surface area contributed by atoms with Crippen molar-refractivity contribution < 1.29 is 14.6 Å². The van der Waals surface area contributed by atoms with E-state index < -0.39 is 12.2 Å². The lowest BCUT2D eigenvalue weighted by Gasteiger charge is -2.18. The Hall–Kier alpha value is -1.71. The number of aliphatic hydroxyl groups excluding tert-OH is 1. The van der Waals surface area contributed by atoms with Crippen LogP contribution in [0.25, 0.3) is 11.1 Å². The quantitative estimate of drug-likeness (QED) is 0.828. The van der Waals surface area contributed by atoms with Gasteiger partial charge in [-0.1, -0.05) is 49.4 Å². The van der Waals surface area contributed by atoms with Gasteiger partial charge in [0, 0.05) is 11.5 Å². The molecule has 1 unspecified atom stereocenters. The third-order valence-electron chi connectivity index (χ3n) is 3.31. The zero-order chi connectivity index (χ0) is 13.8. The molecular formula is C16H17FO2.